The zero-order valence-corrected chi connectivity index (χ0v) is 17.2. The SMILES string of the molecule is C=CC(=O)OC1C(C)(C)CCC1(OC(C)CCCC)OC1CCCCC1. The third-order valence-corrected chi connectivity index (χ3v) is 5.91. The standard InChI is InChI=1S/C22H38O4/c1-6-8-12-17(3)25-22(26-18-13-10-9-11-14-18)16-15-21(4,5)20(22)24-19(23)7-2/h7,17-18,20H,2,6,8-16H2,1,3-5H3. The topological polar surface area (TPSA) is 44.8 Å². The Balaban J connectivity index is 2.23. The van der Waals surface area contributed by atoms with Gasteiger partial charge in [-0.25, -0.2) is 4.79 Å². The molecule has 3 atom stereocenters. The monoisotopic (exact) mass is 366 g/mol. The zero-order valence-electron chi connectivity index (χ0n) is 17.2. The van der Waals surface area contributed by atoms with E-state index in [-0.39, 0.29) is 17.6 Å². The quantitative estimate of drug-likeness (QED) is 0.305. The van der Waals surface area contributed by atoms with Crippen LogP contribution in [0.4, 0.5) is 0 Å². The van der Waals surface area contributed by atoms with Gasteiger partial charge in [-0.3, -0.25) is 0 Å². The van der Waals surface area contributed by atoms with E-state index < -0.39 is 17.9 Å². The van der Waals surface area contributed by atoms with E-state index in [4.69, 9.17) is 14.2 Å². The van der Waals surface area contributed by atoms with E-state index >= 15 is 0 Å². The van der Waals surface area contributed by atoms with Crippen molar-refractivity contribution in [3.05, 3.63) is 12.7 Å². The van der Waals surface area contributed by atoms with Crippen LogP contribution < -0.4 is 0 Å². The third kappa shape index (κ3) is 5.32. The van der Waals surface area contributed by atoms with Gasteiger partial charge in [0.25, 0.3) is 0 Å². The number of hydrogen-bond donors (Lipinski definition) is 0. The molecule has 2 aliphatic carbocycles. The number of carbonyl (C=O) groups excluding carboxylic acids is 1. The maximum absolute atomic E-state index is 12.0. The van der Waals surface area contributed by atoms with Crippen molar-refractivity contribution in [1.82, 2.24) is 0 Å². The van der Waals surface area contributed by atoms with Crippen LogP contribution in [0.25, 0.3) is 0 Å². The minimum Gasteiger partial charge on any atom is -0.453 e. The molecule has 0 spiro atoms. The Morgan fingerprint density at radius 2 is 1.92 bits per heavy atom. The highest BCUT2D eigenvalue weighted by Crippen LogP contribution is 2.50. The van der Waals surface area contributed by atoms with E-state index in [1.807, 2.05) is 0 Å². The Kier molecular flexibility index (Phi) is 7.72. The first-order valence-corrected chi connectivity index (χ1v) is 10.5. The molecule has 4 nitrogen and oxygen atoms in total. The molecule has 0 aromatic carbocycles. The molecule has 26 heavy (non-hydrogen) atoms. The van der Waals surface area contributed by atoms with Gasteiger partial charge in [-0.1, -0.05) is 59.5 Å². The largest absolute Gasteiger partial charge is 0.453 e. The molecule has 4 heteroatoms. The lowest BCUT2D eigenvalue weighted by molar-refractivity contribution is -0.317. The summed E-state index contributed by atoms with van der Waals surface area (Å²) in [7, 11) is 0. The molecule has 0 saturated heterocycles. The fourth-order valence-electron chi connectivity index (χ4n) is 4.39. The second-order valence-electron chi connectivity index (χ2n) is 8.77. The van der Waals surface area contributed by atoms with Gasteiger partial charge in [0, 0.05) is 17.9 Å². The van der Waals surface area contributed by atoms with Crippen LogP contribution in [0.2, 0.25) is 0 Å². The summed E-state index contributed by atoms with van der Waals surface area (Å²) in [6.45, 7) is 12.1. The van der Waals surface area contributed by atoms with E-state index in [1.165, 1.54) is 25.3 Å². The van der Waals surface area contributed by atoms with Crippen molar-refractivity contribution in [3.63, 3.8) is 0 Å². The normalized spacial score (nSPS) is 30.1. The second kappa shape index (κ2) is 9.36. The zero-order chi connectivity index (χ0) is 19.2. The number of rotatable bonds is 9. The van der Waals surface area contributed by atoms with Crippen LogP contribution in [0.5, 0.6) is 0 Å². The Morgan fingerprint density at radius 3 is 2.54 bits per heavy atom. The minimum atomic E-state index is -0.836. The van der Waals surface area contributed by atoms with Gasteiger partial charge >= 0.3 is 5.97 Å². The van der Waals surface area contributed by atoms with Gasteiger partial charge in [0.1, 0.15) is 0 Å². The molecule has 2 saturated carbocycles. The van der Waals surface area contributed by atoms with E-state index in [0.29, 0.717) is 0 Å². The number of esters is 1. The maximum Gasteiger partial charge on any atom is 0.330 e. The summed E-state index contributed by atoms with van der Waals surface area (Å²) in [6, 6.07) is 0. The second-order valence-corrected chi connectivity index (χ2v) is 8.77. The highest BCUT2D eigenvalue weighted by Gasteiger charge is 2.58. The van der Waals surface area contributed by atoms with E-state index in [1.54, 1.807) is 0 Å². The number of ether oxygens (including phenoxy) is 3. The summed E-state index contributed by atoms with van der Waals surface area (Å²) in [5.41, 5.74) is -0.183. The molecule has 2 aliphatic rings. The van der Waals surface area contributed by atoms with Crippen molar-refractivity contribution in [2.75, 3.05) is 0 Å². The highest BCUT2D eigenvalue weighted by atomic mass is 16.7. The summed E-state index contributed by atoms with van der Waals surface area (Å²) in [5, 5.41) is 0. The molecule has 0 heterocycles. The van der Waals surface area contributed by atoms with Crippen LogP contribution >= 0.6 is 0 Å². The highest BCUT2D eigenvalue weighted by molar-refractivity contribution is 5.81. The molecule has 0 radical (unpaired) electrons. The van der Waals surface area contributed by atoms with Gasteiger partial charge < -0.3 is 14.2 Å². The lowest BCUT2D eigenvalue weighted by Crippen LogP contribution is -2.53. The summed E-state index contributed by atoms with van der Waals surface area (Å²) < 4.78 is 19.0. The van der Waals surface area contributed by atoms with Gasteiger partial charge in [0.2, 0.25) is 5.79 Å². The predicted octanol–water partition coefficient (Wildman–Crippen LogP) is 5.55. The van der Waals surface area contributed by atoms with Crippen LogP contribution in [-0.4, -0.2) is 30.1 Å². The van der Waals surface area contributed by atoms with Crippen molar-refractivity contribution in [2.24, 2.45) is 5.41 Å². The summed E-state index contributed by atoms with van der Waals surface area (Å²) in [4.78, 5) is 12.0. The van der Waals surface area contributed by atoms with E-state index in [0.717, 1.165) is 44.9 Å². The first-order chi connectivity index (χ1) is 12.3. The van der Waals surface area contributed by atoms with Crippen molar-refractivity contribution in [1.29, 1.82) is 0 Å². The van der Waals surface area contributed by atoms with Crippen LogP contribution in [0.15, 0.2) is 12.7 Å². The van der Waals surface area contributed by atoms with Crippen molar-refractivity contribution >= 4 is 5.97 Å². The third-order valence-electron chi connectivity index (χ3n) is 5.91. The Hall–Kier alpha value is -0.870. The summed E-state index contributed by atoms with van der Waals surface area (Å²) in [5.74, 6) is -1.23. The number of hydrogen-bond acceptors (Lipinski definition) is 4. The molecule has 3 unspecified atom stereocenters. The van der Waals surface area contributed by atoms with Gasteiger partial charge in [-0.05, 0) is 32.6 Å². The van der Waals surface area contributed by atoms with Crippen LogP contribution in [0, 0.1) is 5.41 Å². The van der Waals surface area contributed by atoms with Crippen LogP contribution in [0.1, 0.15) is 91.9 Å². The molecule has 2 rings (SSSR count). The van der Waals surface area contributed by atoms with E-state index in [9.17, 15) is 4.79 Å². The van der Waals surface area contributed by atoms with Crippen LogP contribution in [0.3, 0.4) is 0 Å². The van der Waals surface area contributed by atoms with Gasteiger partial charge in [-0.15, -0.1) is 0 Å². The average Bonchev–Trinajstić information content (AvgIpc) is 2.85. The molecule has 150 valence electrons. The predicted molar refractivity (Wildman–Crippen MR) is 104 cm³/mol. The molecule has 0 aromatic heterocycles. The fraction of sp³-hybridized carbons (Fsp3) is 0.864. The molecule has 2 fully saturated rings. The smallest absolute Gasteiger partial charge is 0.330 e. The molecular formula is C22H38O4. The molecule has 0 aromatic rings. The molecule has 0 aliphatic heterocycles. The Bertz CT molecular complexity index is 467. The lowest BCUT2D eigenvalue weighted by atomic mass is 9.88. The molecule has 0 amide bonds. The van der Waals surface area contributed by atoms with Crippen molar-refractivity contribution < 1.29 is 19.0 Å². The summed E-state index contributed by atoms with van der Waals surface area (Å²) >= 11 is 0. The Morgan fingerprint density at radius 1 is 1.23 bits per heavy atom. The van der Waals surface area contributed by atoms with E-state index in [2.05, 4.69) is 34.3 Å². The number of unbranched alkanes of at least 4 members (excludes halogenated alkanes) is 1. The average molecular weight is 367 g/mol. The summed E-state index contributed by atoms with van der Waals surface area (Å²) in [6.07, 6.45) is 11.9. The molecule has 0 N–H and O–H groups in total. The van der Waals surface area contributed by atoms with Gasteiger partial charge in [-0.2, -0.15) is 0 Å². The first-order valence-electron chi connectivity index (χ1n) is 10.5. The maximum atomic E-state index is 12.0. The molecule has 0 bridgehead atoms. The lowest BCUT2D eigenvalue weighted by Gasteiger charge is -2.43. The van der Waals surface area contributed by atoms with Gasteiger partial charge in [0.05, 0.1) is 12.2 Å². The van der Waals surface area contributed by atoms with Crippen molar-refractivity contribution in [2.45, 2.75) is 116 Å². The van der Waals surface area contributed by atoms with Crippen molar-refractivity contribution in [3.8, 4) is 0 Å². The fourth-order valence-corrected chi connectivity index (χ4v) is 4.39. The minimum absolute atomic E-state index is 0.0809. The van der Waals surface area contributed by atoms with Crippen LogP contribution in [-0.2, 0) is 19.0 Å². The molecular weight excluding hydrogens is 328 g/mol. The van der Waals surface area contributed by atoms with Gasteiger partial charge in [0.15, 0.2) is 6.10 Å². The number of carbonyl (C=O) groups is 1. The first kappa shape index (κ1) is 21.4. The Labute approximate surface area is 159 Å².